The summed E-state index contributed by atoms with van der Waals surface area (Å²) in [4.78, 5) is 0. The van der Waals surface area contributed by atoms with Gasteiger partial charge in [0.15, 0.2) is 0 Å². The average Bonchev–Trinajstić information content (AvgIpc) is 2.47. The van der Waals surface area contributed by atoms with Crippen molar-refractivity contribution in [3.05, 3.63) is 70.3 Å². The monoisotopic (exact) mass is 265 g/mol. The molecule has 1 unspecified atom stereocenters. The van der Waals surface area contributed by atoms with Crippen molar-refractivity contribution in [2.24, 2.45) is 5.16 Å². The van der Waals surface area contributed by atoms with Crippen molar-refractivity contribution >= 4 is 5.71 Å². The van der Waals surface area contributed by atoms with E-state index in [0.717, 1.165) is 24.1 Å². The first-order valence-corrected chi connectivity index (χ1v) is 7.07. The Morgan fingerprint density at radius 3 is 2.40 bits per heavy atom. The predicted molar refractivity (Wildman–Crippen MR) is 81.8 cm³/mol. The number of fused-ring (bicyclic) bond motifs is 1. The summed E-state index contributed by atoms with van der Waals surface area (Å²) in [7, 11) is 0. The second kappa shape index (κ2) is 5.12. The Hall–Kier alpha value is -2.09. The summed E-state index contributed by atoms with van der Waals surface area (Å²) in [5.74, 6) is 0.400. The first kappa shape index (κ1) is 12.9. The fraction of sp³-hybridized carbons (Fsp3) is 0.278. The molecule has 0 saturated carbocycles. The van der Waals surface area contributed by atoms with Gasteiger partial charge < -0.3 is 5.21 Å². The Labute approximate surface area is 119 Å². The zero-order chi connectivity index (χ0) is 14.1. The zero-order valence-corrected chi connectivity index (χ0v) is 11.9. The standard InChI is InChI=1S/C18H19NO/c1-12-3-6-14(7-4-12)15-9-10-18(19-20)17-11-13(2)5-8-16(15)17/h3-8,11,15,20H,9-10H2,1-2H3/b19-18+. The summed E-state index contributed by atoms with van der Waals surface area (Å²) in [5.41, 5.74) is 7.02. The number of oxime groups is 1. The third kappa shape index (κ3) is 2.22. The molecule has 2 nitrogen and oxygen atoms in total. The van der Waals surface area contributed by atoms with Crippen molar-refractivity contribution in [1.29, 1.82) is 0 Å². The first-order valence-electron chi connectivity index (χ1n) is 7.07. The van der Waals surface area contributed by atoms with Crippen LogP contribution in [-0.2, 0) is 0 Å². The molecule has 2 aromatic rings. The molecule has 1 aliphatic rings. The van der Waals surface area contributed by atoms with Gasteiger partial charge in [-0.25, -0.2) is 0 Å². The second-order valence-electron chi connectivity index (χ2n) is 5.64. The van der Waals surface area contributed by atoms with Gasteiger partial charge in [0, 0.05) is 11.5 Å². The van der Waals surface area contributed by atoms with E-state index in [1.165, 1.54) is 22.3 Å². The maximum Gasteiger partial charge on any atom is 0.0871 e. The highest BCUT2D eigenvalue weighted by molar-refractivity contribution is 6.03. The summed E-state index contributed by atoms with van der Waals surface area (Å²) in [6, 6.07) is 15.2. The molecule has 0 radical (unpaired) electrons. The molecule has 1 atom stereocenters. The Bertz CT molecular complexity index is 656. The number of hydrogen-bond acceptors (Lipinski definition) is 2. The molecule has 0 fully saturated rings. The Morgan fingerprint density at radius 1 is 1.00 bits per heavy atom. The van der Waals surface area contributed by atoms with Crippen molar-refractivity contribution < 1.29 is 5.21 Å². The first-order chi connectivity index (χ1) is 9.69. The van der Waals surface area contributed by atoms with Gasteiger partial charge in [0.05, 0.1) is 5.71 Å². The van der Waals surface area contributed by atoms with Gasteiger partial charge in [0.25, 0.3) is 0 Å². The molecule has 0 aromatic heterocycles. The lowest BCUT2D eigenvalue weighted by molar-refractivity contribution is 0.317. The third-order valence-electron chi connectivity index (χ3n) is 4.17. The fourth-order valence-corrected chi connectivity index (χ4v) is 3.04. The fourth-order valence-electron chi connectivity index (χ4n) is 3.04. The van der Waals surface area contributed by atoms with E-state index in [4.69, 9.17) is 0 Å². The van der Waals surface area contributed by atoms with Crippen LogP contribution in [0.15, 0.2) is 47.6 Å². The average molecular weight is 265 g/mol. The van der Waals surface area contributed by atoms with E-state index >= 15 is 0 Å². The number of nitrogens with zero attached hydrogens (tertiary/aromatic N) is 1. The van der Waals surface area contributed by atoms with E-state index in [2.05, 4.69) is 61.5 Å². The van der Waals surface area contributed by atoms with Crippen molar-refractivity contribution in [3.8, 4) is 0 Å². The van der Waals surface area contributed by atoms with Crippen LogP contribution in [0.5, 0.6) is 0 Å². The molecule has 0 heterocycles. The topological polar surface area (TPSA) is 32.6 Å². The number of aryl methyl sites for hydroxylation is 2. The molecule has 1 aliphatic carbocycles. The molecular weight excluding hydrogens is 246 g/mol. The van der Waals surface area contributed by atoms with Gasteiger partial charge in [0.1, 0.15) is 0 Å². The molecule has 0 aliphatic heterocycles. The van der Waals surface area contributed by atoms with Gasteiger partial charge in [-0.05, 0) is 43.9 Å². The lowest BCUT2D eigenvalue weighted by Gasteiger charge is -2.27. The summed E-state index contributed by atoms with van der Waals surface area (Å²) in [6.45, 7) is 4.18. The minimum atomic E-state index is 0.400. The van der Waals surface area contributed by atoms with Crippen LogP contribution in [0.4, 0.5) is 0 Å². The summed E-state index contributed by atoms with van der Waals surface area (Å²) >= 11 is 0. The maximum absolute atomic E-state index is 9.21. The highest BCUT2D eigenvalue weighted by atomic mass is 16.4. The zero-order valence-electron chi connectivity index (χ0n) is 11.9. The molecule has 0 amide bonds. The normalized spacial score (nSPS) is 19.9. The Morgan fingerprint density at radius 2 is 1.70 bits per heavy atom. The predicted octanol–water partition coefficient (Wildman–Crippen LogP) is 4.41. The summed E-state index contributed by atoms with van der Waals surface area (Å²) in [5, 5.41) is 12.7. The minimum absolute atomic E-state index is 0.400. The molecule has 2 heteroatoms. The lowest BCUT2D eigenvalue weighted by Crippen LogP contribution is -2.17. The Kier molecular flexibility index (Phi) is 3.31. The van der Waals surface area contributed by atoms with Crippen LogP contribution >= 0.6 is 0 Å². The molecule has 0 saturated heterocycles. The summed E-state index contributed by atoms with van der Waals surface area (Å²) in [6.07, 6.45) is 1.82. The van der Waals surface area contributed by atoms with Crippen LogP contribution in [0.25, 0.3) is 0 Å². The van der Waals surface area contributed by atoms with Crippen LogP contribution in [0.1, 0.15) is 46.6 Å². The molecule has 20 heavy (non-hydrogen) atoms. The number of benzene rings is 2. The highest BCUT2D eigenvalue weighted by Crippen LogP contribution is 2.37. The van der Waals surface area contributed by atoms with E-state index in [1.807, 2.05) is 0 Å². The van der Waals surface area contributed by atoms with Crippen LogP contribution in [0.3, 0.4) is 0 Å². The molecule has 0 bridgehead atoms. The van der Waals surface area contributed by atoms with Gasteiger partial charge >= 0.3 is 0 Å². The lowest BCUT2D eigenvalue weighted by atomic mass is 9.77. The van der Waals surface area contributed by atoms with Gasteiger partial charge in [-0.1, -0.05) is 52.7 Å². The van der Waals surface area contributed by atoms with E-state index < -0.39 is 0 Å². The largest absolute Gasteiger partial charge is 0.411 e. The third-order valence-corrected chi connectivity index (χ3v) is 4.17. The molecule has 3 rings (SSSR count). The second-order valence-corrected chi connectivity index (χ2v) is 5.64. The summed E-state index contributed by atoms with van der Waals surface area (Å²) < 4.78 is 0. The molecule has 1 N–H and O–H groups in total. The maximum atomic E-state index is 9.21. The van der Waals surface area contributed by atoms with Gasteiger partial charge in [-0.15, -0.1) is 0 Å². The van der Waals surface area contributed by atoms with Crippen molar-refractivity contribution in [2.75, 3.05) is 0 Å². The smallest absolute Gasteiger partial charge is 0.0871 e. The van der Waals surface area contributed by atoms with E-state index in [9.17, 15) is 5.21 Å². The van der Waals surface area contributed by atoms with Crippen LogP contribution in [0, 0.1) is 13.8 Å². The molecular formula is C18H19NO. The van der Waals surface area contributed by atoms with E-state index in [1.54, 1.807) is 0 Å². The van der Waals surface area contributed by atoms with Gasteiger partial charge in [-0.2, -0.15) is 0 Å². The molecule has 0 spiro atoms. The SMILES string of the molecule is Cc1ccc(C2CC/C(=N\O)c3cc(C)ccc32)cc1. The van der Waals surface area contributed by atoms with Crippen LogP contribution in [-0.4, -0.2) is 10.9 Å². The van der Waals surface area contributed by atoms with E-state index in [0.29, 0.717) is 5.92 Å². The Balaban J connectivity index is 2.10. The molecule has 2 aromatic carbocycles. The van der Waals surface area contributed by atoms with Crippen molar-refractivity contribution in [3.63, 3.8) is 0 Å². The van der Waals surface area contributed by atoms with Crippen LogP contribution in [0.2, 0.25) is 0 Å². The van der Waals surface area contributed by atoms with Crippen molar-refractivity contribution in [2.45, 2.75) is 32.6 Å². The minimum Gasteiger partial charge on any atom is -0.411 e. The quantitative estimate of drug-likeness (QED) is 0.601. The number of rotatable bonds is 1. The number of hydrogen-bond donors (Lipinski definition) is 1. The van der Waals surface area contributed by atoms with E-state index in [-0.39, 0.29) is 0 Å². The highest BCUT2D eigenvalue weighted by Gasteiger charge is 2.25. The van der Waals surface area contributed by atoms with Gasteiger partial charge in [-0.3, -0.25) is 0 Å². The molecule has 102 valence electrons. The van der Waals surface area contributed by atoms with Crippen LogP contribution < -0.4 is 0 Å². The van der Waals surface area contributed by atoms with Crippen molar-refractivity contribution in [1.82, 2.24) is 0 Å². The van der Waals surface area contributed by atoms with Gasteiger partial charge in [0.2, 0.25) is 0 Å².